The lowest BCUT2D eigenvalue weighted by atomic mass is 10.2. The zero-order valence-corrected chi connectivity index (χ0v) is 18.3. The summed E-state index contributed by atoms with van der Waals surface area (Å²) in [5.74, 6) is -0.497. The molecule has 1 N–H and O–H groups in total. The van der Waals surface area contributed by atoms with Gasteiger partial charge in [0.1, 0.15) is 5.75 Å². The van der Waals surface area contributed by atoms with E-state index < -0.39 is 21.9 Å². The summed E-state index contributed by atoms with van der Waals surface area (Å²) in [5, 5.41) is 2.64. The molecule has 0 atom stereocenters. The van der Waals surface area contributed by atoms with Crippen molar-refractivity contribution in [2.75, 3.05) is 32.1 Å². The highest BCUT2D eigenvalue weighted by Gasteiger charge is 2.24. The van der Waals surface area contributed by atoms with Crippen molar-refractivity contribution in [1.82, 2.24) is 4.31 Å². The van der Waals surface area contributed by atoms with E-state index in [0.29, 0.717) is 35.7 Å². The van der Waals surface area contributed by atoms with Crippen LogP contribution in [0, 0.1) is 6.92 Å². The summed E-state index contributed by atoms with van der Waals surface area (Å²) in [6.45, 7) is 5.70. The van der Waals surface area contributed by atoms with E-state index in [1.54, 1.807) is 45.0 Å². The van der Waals surface area contributed by atoms with E-state index in [1.165, 1.54) is 29.6 Å². The summed E-state index contributed by atoms with van der Waals surface area (Å²) >= 11 is 0. The number of nitrogens with zero attached hydrogens (tertiary/aromatic N) is 1. The van der Waals surface area contributed by atoms with Crippen molar-refractivity contribution in [2.24, 2.45) is 0 Å². The normalized spacial score (nSPS) is 11.2. The van der Waals surface area contributed by atoms with Gasteiger partial charge in [-0.1, -0.05) is 19.9 Å². The first-order valence-electron chi connectivity index (χ1n) is 9.44. The number of esters is 1. The lowest BCUT2D eigenvalue weighted by Gasteiger charge is -2.20. The summed E-state index contributed by atoms with van der Waals surface area (Å²) in [7, 11) is -2.35. The molecule has 0 aliphatic rings. The SMILES string of the molecule is CCN(CC)S(=O)(=O)c1cc(NC(=O)COc2ccc(C(=O)OC)cc2)ccc1C. The minimum Gasteiger partial charge on any atom is -0.484 e. The Bertz CT molecular complexity index is 999. The second-order valence-electron chi connectivity index (χ2n) is 6.42. The predicted octanol–water partition coefficient (Wildman–Crippen LogP) is 2.83. The van der Waals surface area contributed by atoms with Crippen LogP contribution in [0.3, 0.4) is 0 Å². The molecule has 162 valence electrons. The molecule has 0 saturated heterocycles. The highest BCUT2D eigenvalue weighted by atomic mass is 32.2. The number of amides is 1. The minimum absolute atomic E-state index is 0.156. The number of carbonyl (C=O) groups is 2. The molecule has 1 amide bonds. The number of anilines is 1. The van der Waals surface area contributed by atoms with Gasteiger partial charge in [0.05, 0.1) is 17.6 Å². The molecule has 0 heterocycles. The smallest absolute Gasteiger partial charge is 0.337 e. The third-order valence-corrected chi connectivity index (χ3v) is 6.63. The first kappa shape index (κ1) is 23.4. The number of ether oxygens (including phenoxy) is 2. The Kier molecular flexibility index (Phi) is 7.96. The standard InChI is InChI=1S/C21H26N2O6S/c1-5-23(6-2)30(26,27)19-13-17(10-7-15(19)3)22-20(24)14-29-18-11-8-16(9-12-18)21(25)28-4/h7-13H,5-6,14H2,1-4H3,(H,22,24). The first-order valence-corrected chi connectivity index (χ1v) is 10.9. The molecule has 0 aromatic heterocycles. The maximum Gasteiger partial charge on any atom is 0.337 e. The van der Waals surface area contributed by atoms with Crippen molar-refractivity contribution in [1.29, 1.82) is 0 Å². The second kappa shape index (κ2) is 10.2. The van der Waals surface area contributed by atoms with Crippen LogP contribution < -0.4 is 10.1 Å². The molecule has 2 rings (SSSR count). The Morgan fingerprint density at radius 1 is 1.03 bits per heavy atom. The highest BCUT2D eigenvalue weighted by molar-refractivity contribution is 7.89. The maximum absolute atomic E-state index is 12.8. The number of sulfonamides is 1. The number of aryl methyl sites for hydroxylation is 1. The van der Waals surface area contributed by atoms with Gasteiger partial charge in [-0.25, -0.2) is 13.2 Å². The molecule has 2 aromatic rings. The van der Waals surface area contributed by atoms with Gasteiger partial charge in [-0.2, -0.15) is 4.31 Å². The van der Waals surface area contributed by atoms with E-state index >= 15 is 0 Å². The zero-order valence-electron chi connectivity index (χ0n) is 17.5. The largest absolute Gasteiger partial charge is 0.484 e. The van der Waals surface area contributed by atoms with Crippen LogP contribution in [0.5, 0.6) is 5.75 Å². The van der Waals surface area contributed by atoms with E-state index in [0.717, 1.165) is 0 Å². The number of hydrogen-bond donors (Lipinski definition) is 1. The van der Waals surface area contributed by atoms with Crippen molar-refractivity contribution in [3.05, 3.63) is 53.6 Å². The molecule has 0 bridgehead atoms. The molecule has 8 nitrogen and oxygen atoms in total. The van der Waals surface area contributed by atoms with Gasteiger partial charge in [0, 0.05) is 18.8 Å². The van der Waals surface area contributed by atoms with Crippen LogP contribution in [-0.2, 0) is 19.6 Å². The number of nitrogens with one attached hydrogen (secondary N) is 1. The zero-order chi connectivity index (χ0) is 22.3. The number of rotatable bonds is 9. The average Bonchev–Trinajstić information content (AvgIpc) is 2.74. The number of carbonyl (C=O) groups excluding carboxylic acids is 2. The molecule has 0 spiro atoms. The quantitative estimate of drug-likeness (QED) is 0.609. The molecule has 0 fully saturated rings. The summed E-state index contributed by atoms with van der Waals surface area (Å²) in [4.78, 5) is 23.8. The molecular formula is C21H26N2O6S. The molecule has 0 aliphatic heterocycles. The topological polar surface area (TPSA) is 102 Å². The van der Waals surface area contributed by atoms with Gasteiger partial charge >= 0.3 is 5.97 Å². The van der Waals surface area contributed by atoms with Crippen LogP contribution in [0.4, 0.5) is 5.69 Å². The second-order valence-corrected chi connectivity index (χ2v) is 8.33. The van der Waals surface area contributed by atoms with E-state index in [4.69, 9.17) is 4.74 Å². The monoisotopic (exact) mass is 434 g/mol. The Labute approximate surface area is 176 Å². The van der Waals surface area contributed by atoms with Gasteiger partial charge in [-0.15, -0.1) is 0 Å². The van der Waals surface area contributed by atoms with Gasteiger partial charge in [-0.3, -0.25) is 4.79 Å². The Morgan fingerprint density at radius 2 is 1.67 bits per heavy atom. The summed E-state index contributed by atoms with van der Waals surface area (Å²) in [6, 6.07) is 10.9. The molecule has 0 unspecified atom stereocenters. The number of methoxy groups -OCH3 is 1. The molecular weight excluding hydrogens is 408 g/mol. The van der Waals surface area contributed by atoms with Crippen LogP contribution in [0.2, 0.25) is 0 Å². The maximum atomic E-state index is 12.8. The predicted molar refractivity (Wildman–Crippen MR) is 113 cm³/mol. The third-order valence-electron chi connectivity index (χ3n) is 4.44. The summed E-state index contributed by atoms with van der Waals surface area (Å²) in [6.07, 6.45) is 0. The summed E-state index contributed by atoms with van der Waals surface area (Å²) in [5.41, 5.74) is 1.33. The van der Waals surface area contributed by atoms with Crippen LogP contribution in [0.15, 0.2) is 47.4 Å². The van der Waals surface area contributed by atoms with E-state index in [9.17, 15) is 18.0 Å². The Hall–Kier alpha value is -2.91. The third kappa shape index (κ3) is 5.58. The minimum atomic E-state index is -3.65. The average molecular weight is 435 g/mol. The fraction of sp³-hybridized carbons (Fsp3) is 0.333. The fourth-order valence-electron chi connectivity index (χ4n) is 2.81. The van der Waals surface area contributed by atoms with Gasteiger partial charge in [0.2, 0.25) is 10.0 Å². The van der Waals surface area contributed by atoms with Gasteiger partial charge in [-0.05, 0) is 48.9 Å². The highest BCUT2D eigenvalue weighted by Crippen LogP contribution is 2.23. The van der Waals surface area contributed by atoms with Crippen LogP contribution in [0.25, 0.3) is 0 Å². The van der Waals surface area contributed by atoms with Crippen molar-refractivity contribution in [3.63, 3.8) is 0 Å². The molecule has 9 heteroatoms. The summed E-state index contributed by atoms with van der Waals surface area (Å²) < 4.78 is 37.0. The fourth-order valence-corrected chi connectivity index (χ4v) is 4.52. The lowest BCUT2D eigenvalue weighted by Crippen LogP contribution is -2.31. The molecule has 0 radical (unpaired) electrons. The van der Waals surface area contributed by atoms with Crippen molar-refractivity contribution >= 4 is 27.6 Å². The van der Waals surface area contributed by atoms with E-state index in [2.05, 4.69) is 10.1 Å². The van der Waals surface area contributed by atoms with Gasteiger partial charge < -0.3 is 14.8 Å². The van der Waals surface area contributed by atoms with Gasteiger partial charge in [0.25, 0.3) is 5.91 Å². The van der Waals surface area contributed by atoms with Crippen LogP contribution >= 0.6 is 0 Å². The van der Waals surface area contributed by atoms with Crippen LogP contribution in [-0.4, -0.2) is 51.4 Å². The van der Waals surface area contributed by atoms with Crippen molar-refractivity contribution in [2.45, 2.75) is 25.7 Å². The first-order chi connectivity index (χ1) is 14.2. The van der Waals surface area contributed by atoms with Gasteiger partial charge in [0.15, 0.2) is 6.61 Å². The van der Waals surface area contributed by atoms with E-state index in [1.807, 2.05) is 0 Å². The molecule has 0 saturated carbocycles. The Balaban J connectivity index is 2.06. The van der Waals surface area contributed by atoms with Crippen molar-refractivity contribution in [3.8, 4) is 5.75 Å². The van der Waals surface area contributed by atoms with E-state index in [-0.39, 0.29) is 11.5 Å². The molecule has 0 aliphatic carbocycles. The lowest BCUT2D eigenvalue weighted by molar-refractivity contribution is -0.118. The number of benzene rings is 2. The molecule has 2 aromatic carbocycles. The Morgan fingerprint density at radius 3 is 2.23 bits per heavy atom. The number of hydrogen-bond acceptors (Lipinski definition) is 6. The van der Waals surface area contributed by atoms with Crippen molar-refractivity contribution < 1.29 is 27.5 Å². The van der Waals surface area contributed by atoms with Crippen LogP contribution in [0.1, 0.15) is 29.8 Å². The molecule has 30 heavy (non-hydrogen) atoms.